The molecule has 1 atom stereocenters. The van der Waals surface area contributed by atoms with Crippen LogP contribution in [0, 0.1) is 0 Å². The average Bonchev–Trinajstić information content (AvgIpc) is 2.34. The van der Waals surface area contributed by atoms with Crippen molar-refractivity contribution in [2.45, 2.75) is 65.9 Å². The van der Waals surface area contributed by atoms with Crippen LogP contribution in [0.1, 0.15) is 65.2 Å². The second kappa shape index (κ2) is 6.94. The highest BCUT2D eigenvalue weighted by Crippen LogP contribution is 2.45. The molecule has 0 aliphatic rings. The van der Waals surface area contributed by atoms with Crippen molar-refractivity contribution in [3.8, 4) is 5.75 Å². The number of hydrogen-bond donors (Lipinski definition) is 2. The van der Waals surface area contributed by atoms with E-state index in [2.05, 4.69) is 0 Å². The van der Waals surface area contributed by atoms with Crippen LogP contribution < -0.4 is 0 Å². The maximum atomic E-state index is 11.7. The molecule has 0 radical (unpaired) electrons. The Morgan fingerprint density at radius 2 is 1.43 bits per heavy atom. The second-order valence-corrected chi connectivity index (χ2v) is 9.15. The molecule has 6 heteroatoms. The van der Waals surface area contributed by atoms with Crippen molar-refractivity contribution in [2.75, 3.05) is 6.61 Å². The van der Waals surface area contributed by atoms with Gasteiger partial charge in [-0.3, -0.25) is 9.05 Å². The van der Waals surface area contributed by atoms with Gasteiger partial charge in [0, 0.05) is 0 Å². The molecule has 1 unspecified atom stereocenters. The highest BCUT2D eigenvalue weighted by Gasteiger charge is 2.27. The van der Waals surface area contributed by atoms with E-state index >= 15 is 0 Å². The van der Waals surface area contributed by atoms with Gasteiger partial charge in [0.15, 0.2) is 0 Å². The molecule has 0 amide bonds. The number of phenolic OH excluding ortho intramolecular Hbond substituents is 1. The third-order valence-corrected chi connectivity index (χ3v) is 4.51. The summed E-state index contributed by atoms with van der Waals surface area (Å²) >= 11 is 0. The van der Waals surface area contributed by atoms with Crippen LogP contribution >= 0.6 is 7.82 Å². The molecule has 0 aliphatic carbocycles. The van der Waals surface area contributed by atoms with Crippen molar-refractivity contribution in [3.05, 3.63) is 28.8 Å². The van der Waals surface area contributed by atoms with Gasteiger partial charge in [-0.05, 0) is 46.6 Å². The Balaban J connectivity index is 3.26. The molecule has 132 valence electrons. The summed E-state index contributed by atoms with van der Waals surface area (Å²) in [6.45, 7) is 13.7. The second-order valence-electron chi connectivity index (χ2n) is 7.70. The van der Waals surface area contributed by atoms with E-state index in [1.54, 1.807) is 6.92 Å². The van der Waals surface area contributed by atoms with Crippen LogP contribution in [0.25, 0.3) is 0 Å². The van der Waals surface area contributed by atoms with Gasteiger partial charge in [0.25, 0.3) is 0 Å². The lowest BCUT2D eigenvalue weighted by Crippen LogP contribution is -2.18. The van der Waals surface area contributed by atoms with Gasteiger partial charge in [0.2, 0.25) is 0 Å². The fraction of sp³-hybridized carbons (Fsp3) is 0.647. The largest absolute Gasteiger partial charge is 0.507 e. The SMILES string of the molecule is CCOP(=O)(O)OCc1cc(C(C)(C)C)c(O)c(C(C)(C)C)c1. The zero-order valence-corrected chi connectivity index (χ0v) is 16.0. The molecule has 0 bridgehead atoms. The van der Waals surface area contributed by atoms with E-state index in [-0.39, 0.29) is 29.8 Å². The van der Waals surface area contributed by atoms with Crippen molar-refractivity contribution < 1.29 is 23.6 Å². The zero-order valence-electron chi connectivity index (χ0n) is 15.1. The molecule has 0 spiro atoms. The summed E-state index contributed by atoms with van der Waals surface area (Å²) in [5.74, 6) is 0.269. The first-order chi connectivity index (χ1) is 10.3. The first kappa shape index (κ1) is 20.2. The molecular formula is C17H29O5P. The maximum absolute atomic E-state index is 11.7. The van der Waals surface area contributed by atoms with Gasteiger partial charge in [-0.25, -0.2) is 4.57 Å². The Morgan fingerprint density at radius 1 is 1.00 bits per heavy atom. The molecule has 5 nitrogen and oxygen atoms in total. The van der Waals surface area contributed by atoms with Crippen molar-refractivity contribution in [2.24, 2.45) is 0 Å². The fourth-order valence-corrected chi connectivity index (χ4v) is 2.99. The van der Waals surface area contributed by atoms with Crippen LogP contribution in [0.3, 0.4) is 0 Å². The van der Waals surface area contributed by atoms with E-state index in [1.165, 1.54) is 0 Å². The van der Waals surface area contributed by atoms with Crippen LogP contribution in [0.2, 0.25) is 0 Å². The van der Waals surface area contributed by atoms with E-state index < -0.39 is 7.82 Å². The smallest absolute Gasteiger partial charge is 0.472 e. The lowest BCUT2D eigenvalue weighted by Gasteiger charge is -2.28. The number of aromatic hydroxyl groups is 1. The number of hydrogen-bond acceptors (Lipinski definition) is 4. The number of rotatable bonds is 5. The van der Waals surface area contributed by atoms with Crippen LogP contribution in [0.15, 0.2) is 12.1 Å². The Labute approximate surface area is 139 Å². The molecule has 1 rings (SSSR count). The van der Waals surface area contributed by atoms with Gasteiger partial charge in [0.05, 0.1) is 13.2 Å². The van der Waals surface area contributed by atoms with Crippen molar-refractivity contribution in [1.29, 1.82) is 0 Å². The minimum absolute atomic E-state index is 0.0553. The first-order valence-corrected chi connectivity index (χ1v) is 9.26. The number of phenols is 1. The van der Waals surface area contributed by atoms with Gasteiger partial charge in [-0.1, -0.05) is 41.5 Å². The lowest BCUT2D eigenvalue weighted by atomic mass is 9.78. The quantitative estimate of drug-likeness (QED) is 0.761. The summed E-state index contributed by atoms with van der Waals surface area (Å²) in [7, 11) is -4.04. The van der Waals surface area contributed by atoms with Crippen LogP contribution in [-0.4, -0.2) is 16.6 Å². The lowest BCUT2D eigenvalue weighted by molar-refractivity contribution is 0.149. The highest BCUT2D eigenvalue weighted by atomic mass is 31.2. The summed E-state index contributed by atoms with van der Waals surface area (Å²) in [4.78, 5) is 9.55. The monoisotopic (exact) mass is 344 g/mol. The molecule has 1 aromatic rings. The van der Waals surface area contributed by atoms with E-state index in [1.807, 2.05) is 53.7 Å². The predicted molar refractivity (Wildman–Crippen MR) is 91.7 cm³/mol. The summed E-state index contributed by atoms with van der Waals surface area (Å²) in [6.07, 6.45) is 0. The number of phosphoric acid groups is 1. The average molecular weight is 344 g/mol. The summed E-state index contributed by atoms with van der Waals surface area (Å²) in [5.41, 5.74) is 1.78. The predicted octanol–water partition coefficient (Wildman–Crippen LogP) is 4.64. The molecule has 0 fully saturated rings. The maximum Gasteiger partial charge on any atom is 0.472 e. The van der Waals surface area contributed by atoms with E-state index in [0.717, 1.165) is 16.7 Å². The standard InChI is InChI=1S/C17H29O5P/c1-8-21-23(19,20)22-11-12-9-13(16(2,3)4)15(18)14(10-12)17(5,6)7/h9-10,18H,8,11H2,1-7H3,(H,19,20). The van der Waals surface area contributed by atoms with Gasteiger partial charge >= 0.3 is 7.82 Å². The Bertz CT molecular complexity index is 561. The van der Waals surface area contributed by atoms with Crippen LogP contribution in [-0.2, 0) is 31.0 Å². The summed E-state index contributed by atoms with van der Waals surface area (Å²) < 4.78 is 21.4. The van der Waals surface area contributed by atoms with Gasteiger partial charge in [0.1, 0.15) is 5.75 Å². The summed E-state index contributed by atoms with van der Waals surface area (Å²) in [6, 6.07) is 3.63. The Kier molecular flexibility index (Phi) is 6.09. The molecule has 2 N–H and O–H groups in total. The van der Waals surface area contributed by atoms with Crippen LogP contribution in [0.4, 0.5) is 0 Å². The molecule has 0 heterocycles. The molecule has 0 saturated heterocycles. The van der Waals surface area contributed by atoms with Crippen molar-refractivity contribution in [3.63, 3.8) is 0 Å². The topological polar surface area (TPSA) is 76.0 Å². The van der Waals surface area contributed by atoms with E-state index in [4.69, 9.17) is 9.05 Å². The van der Waals surface area contributed by atoms with Crippen molar-refractivity contribution in [1.82, 2.24) is 0 Å². The normalized spacial score (nSPS) is 15.5. The third kappa shape index (κ3) is 5.61. The Hall–Kier alpha value is -0.870. The molecule has 23 heavy (non-hydrogen) atoms. The van der Waals surface area contributed by atoms with Crippen molar-refractivity contribution >= 4 is 7.82 Å². The summed E-state index contributed by atoms with van der Waals surface area (Å²) in [5, 5.41) is 10.6. The van der Waals surface area contributed by atoms with E-state index in [0.29, 0.717) is 0 Å². The number of phosphoric ester groups is 1. The Morgan fingerprint density at radius 3 is 1.78 bits per heavy atom. The third-order valence-electron chi connectivity index (χ3n) is 3.47. The highest BCUT2D eigenvalue weighted by molar-refractivity contribution is 7.47. The molecule has 0 aliphatic heterocycles. The molecule has 0 saturated carbocycles. The minimum Gasteiger partial charge on any atom is -0.507 e. The van der Waals surface area contributed by atoms with Crippen LogP contribution in [0.5, 0.6) is 5.75 Å². The fourth-order valence-electron chi connectivity index (χ4n) is 2.28. The minimum atomic E-state index is -4.04. The van der Waals surface area contributed by atoms with Gasteiger partial charge in [-0.2, -0.15) is 0 Å². The molecule has 0 aromatic heterocycles. The van der Waals surface area contributed by atoms with Gasteiger partial charge in [-0.15, -0.1) is 0 Å². The van der Waals surface area contributed by atoms with E-state index in [9.17, 15) is 14.6 Å². The number of benzene rings is 1. The van der Waals surface area contributed by atoms with Gasteiger partial charge < -0.3 is 10.00 Å². The first-order valence-electron chi connectivity index (χ1n) is 7.76. The zero-order chi connectivity index (χ0) is 18.1. The molecule has 1 aromatic carbocycles. The molecular weight excluding hydrogens is 315 g/mol.